The number of aromatic nitrogens is 1. The van der Waals surface area contributed by atoms with E-state index in [4.69, 9.17) is 4.74 Å². The van der Waals surface area contributed by atoms with Gasteiger partial charge in [0.15, 0.2) is 5.96 Å². The molecule has 1 heterocycles. The highest BCUT2D eigenvalue weighted by molar-refractivity contribution is 7.11. The van der Waals surface area contributed by atoms with E-state index in [2.05, 4.69) is 27.5 Å². The van der Waals surface area contributed by atoms with Gasteiger partial charge in [-0.05, 0) is 31.5 Å². The van der Waals surface area contributed by atoms with Crippen molar-refractivity contribution in [3.63, 3.8) is 0 Å². The lowest BCUT2D eigenvalue weighted by Crippen LogP contribution is -2.37. The van der Waals surface area contributed by atoms with Crippen LogP contribution in [0.15, 0.2) is 23.2 Å². The minimum Gasteiger partial charge on any atom is -0.380 e. The summed E-state index contributed by atoms with van der Waals surface area (Å²) >= 11 is 1.73. The minimum atomic E-state index is -0.248. The highest BCUT2D eigenvalue weighted by atomic mass is 32.1. The number of aryl methyl sites for hydroxylation is 2. The molecule has 7 heteroatoms. The highest BCUT2D eigenvalue weighted by Gasteiger charge is 2.06. The molecular formula is C18H25FN4OS. The van der Waals surface area contributed by atoms with Crippen LogP contribution in [0.1, 0.15) is 26.7 Å². The Morgan fingerprint density at radius 1 is 1.32 bits per heavy atom. The first-order chi connectivity index (χ1) is 12.0. The predicted molar refractivity (Wildman–Crippen MR) is 101 cm³/mol. The van der Waals surface area contributed by atoms with E-state index < -0.39 is 0 Å². The molecule has 0 saturated heterocycles. The minimum absolute atomic E-state index is 0.248. The molecule has 0 aliphatic heterocycles. The fourth-order valence-corrected chi connectivity index (χ4v) is 3.28. The third kappa shape index (κ3) is 5.79. The summed E-state index contributed by atoms with van der Waals surface area (Å²) in [5.74, 6) is 0.463. The molecule has 0 aliphatic carbocycles. The van der Waals surface area contributed by atoms with Gasteiger partial charge in [-0.15, -0.1) is 11.3 Å². The molecule has 0 bridgehead atoms. The third-order valence-corrected chi connectivity index (χ3v) is 4.93. The van der Waals surface area contributed by atoms with Crippen LogP contribution >= 0.6 is 11.3 Å². The Labute approximate surface area is 152 Å². The van der Waals surface area contributed by atoms with Crippen molar-refractivity contribution in [1.29, 1.82) is 0 Å². The second-order valence-corrected chi connectivity index (χ2v) is 7.00. The number of guanidine groups is 1. The predicted octanol–water partition coefficient (Wildman–Crippen LogP) is 2.95. The number of aliphatic imine (C=N–C) groups is 1. The lowest BCUT2D eigenvalue weighted by atomic mass is 10.1. The van der Waals surface area contributed by atoms with Crippen LogP contribution in [0, 0.1) is 19.7 Å². The molecule has 0 spiro atoms. The molecule has 2 N–H and O–H groups in total. The first-order valence-corrected chi connectivity index (χ1v) is 8.98. The molecule has 2 rings (SSSR count). The number of halogens is 1. The molecule has 136 valence electrons. The summed E-state index contributed by atoms with van der Waals surface area (Å²) in [7, 11) is 3.29. The van der Waals surface area contributed by atoms with Gasteiger partial charge in [0.05, 0.1) is 17.3 Å². The fourth-order valence-electron chi connectivity index (χ4n) is 2.34. The van der Waals surface area contributed by atoms with E-state index in [1.165, 1.54) is 10.9 Å². The second-order valence-electron chi connectivity index (χ2n) is 5.71. The van der Waals surface area contributed by atoms with E-state index in [1.807, 2.05) is 6.92 Å². The van der Waals surface area contributed by atoms with Crippen molar-refractivity contribution in [2.75, 3.05) is 20.7 Å². The quantitative estimate of drug-likeness (QED) is 0.586. The van der Waals surface area contributed by atoms with Gasteiger partial charge in [-0.25, -0.2) is 9.37 Å². The number of nitrogens with zero attached hydrogens (tertiary/aromatic N) is 2. The van der Waals surface area contributed by atoms with Gasteiger partial charge in [-0.3, -0.25) is 4.99 Å². The van der Waals surface area contributed by atoms with E-state index in [0.29, 0.717) is 18.1 Å². The van der Waals surface area contributed by atoms with Crippen molar-refractivity contribution in [3.05, 3.63) is 50.7 Å². The molecule has 2 aromatic rings. The van der Waals surface area contributed by atoms with Crippen molar-refractivity contribution in [1.82, 2.24) is 15.6 Å². The van der Waals surface area contributed by atoms with Gasteiger partial charge in [-0.1, -0.05) is 6.07 Å². The summed E-state index contributed by atoms with van der Waals surface area (Å²) in [6.45, 7) is 5.70. The Kier molecular flexibility index (Phi) is 7.33. The average Bonchev–Trinajstić information content (AvgIpc) is 2.91. The lowest BCUT2D eigenvalue weighted by molar-refractivity contribution is 0.181. The van der Waals surface area contributed by atoms with Crippen molar-refractivity contribution in [2.24, 2.45) is 4.99 Å². The fraction of sp³-hybridized carbons (Fsp3) is 0.444. The van der Waals surface area contributed by atoms with E-state index in [-0.39, 0.29) is 12.4 Å². The maximum Gasteiger partial charge on any atom is 0.191 e. The zero-order valence-corrected chi connectivity index (χ0v) is 16.0. The van der Waals surface area contributed by atoms with Crippen LogP contribution in [0.3, 0.4) is 0 Å². The van der Waals surface area contributed by atoms with Crippen molar-refractivity contribution in [2.45, 2.75) is 33.4 Å². The van der Waals surface area contributed by atoms with Gasteiger partial charge in [0.1, 0.15) is 5.82 Å². The molecule has 0 atom stereocenters. The van der Waals surface area contributed by atoms with Crippen LogP contribution in [0.2, 0.25) is 0 Å². The Bertz CT molecular complexity index is 710. The Hall–Kier alpha value is -1.99. The average molecular weight is 364 g/mol. The number of thiazole rings is 1. The standard InChI is InChI=1S/C18H25FN4OS/c1-12-13(2)25-17(23-12)7-8-21-18(20-3)22-10-14-5-6-16(19)15(9-14)11-24-4/h5-6,9H,7-8,10-11H2,1-4H3,(H2,20,21,22). The summed E-state index contributed by atoms with van der Waals surface area (Å²) in [5.41, 5.74) is 2.63. The van der Waals surface area contributed by atoms with Crippen LogP contribution in [0.4, 0.5) is 4.39 Å². The second kappa shape index (κ2) is 9.48. The molecule has 0 amide bonds. The van der Waals surface area contributed by atoms with E-state index in [1.54, 1.807) is 37.6 Å². The third-order valence-electron chi connectivity index (χ3n) is 3.80. The molecule has 0 unspecified atom stereocenters. The summed E-state index contributed by atoms with van der Waals surface area (Å²) in [4.78, 5) is 10.0. The van der Waals surface area contributed by atoms with Gasteiger partial charge >= 0.3 is 0 Å². The molecule has 1 aromatic carbocycles. The maximum atomic E-state index is 13.6. The number of rotatable bonds is 7. The SMILES string of the molecule is CN=C(NCCc1nc(C)c(C)s1)NCc1ccc(F)c(COC)c1. The molecule has 0 saturated carbocycles. The number of nitrogens with one attached hydrogen (secondary N) is 2. The number of benzene rings is 1. The molecular weight excluding hydrogens is 339 g/mol. The van der Waals surface area contributed by atoms with Crippen LogP contribution in [0.25, 0.3) is 0 Å². The Morgan fingerprint density at radius 3 is 2.76 bits per heavy atom. The topological polar surface area (TPSA) is 58.5 Å². The largest absolute Gasteiger partial charge is 0.380 e. The van der Waals surface area contributed by atoms with Crippen molar-refractivity contribution < 1.29 is 9.13 Å². The number of hydrogen-bond acceptors (Lipinski definition) is 4. The molecule has 0 aliphatic rings. The zero-order chi connectivity index (χ0) is 18.2. The van der Waals surface area contributed by atoms with Crippen molar-refractivity contribution in [3.8, 4) is 0 Å². The van der Waals surface area contributed by atoms with Gasteiger partial charge in [0, 0.05) is 44.1 Å². The van der Waals surface area contributed by atoms with E-state index >= 15 is 0 Å². The lowest BCUT2D eigenvalue weighted by Gasteiger charge is -2.12. The zero-order valence-electron chi connectivity index (χ0n) is 15.1. The summed E-state index contributed by atoms with van der Waals surface area (Å²) in [6, 6.07) is 5.03. The summed E-state index contributed by atoms with van der Waals surface area (Å²) < 4.78 is 18.7. The smallest absolute Gasteiger partial charge is 0.191 e. The van der Waals surface area contributed by atoms with Gasteiger partial charge in [0.25, 0.3) is 0 Å². The Morgan fingerprint density at radius 2 is 2.12 bits per heavy atom. The van der Waals surface area contributed by atoms with Gasteiger partial charge in [0.2, 0.25) is 0 Å². The number of methoxy groups -OCH3 is 1. The van der Waals surface area contributed by atoms with E-state index in [0.717, 1.165) is 29.2 Å². The van der Waals surface area contributed by atoms with Crippen molar-refractivity contribution >= 4 is 17.3 Å². The van der Waals surface area contributed by atoms with Gasteiger partial charge < -0.3 is 15.4 Å². The number of hydrogen-bond donors (Lipinski definition) is 2. The molecule has 0 radical (unpaired) electrons. The normalized spacial score (nSPS) is 11.6. The summed E-state index contributed by atoms with van der Waals surface area (Å²) in [5, 5.41) is 7.64. The maximum absolute atomic E-state index is 13.6. The molecule has 0 fully saturated rings. The monoisotopic (exact) mass is 364 g/mol. The van der Waals surface area contributed by atoms with Crippen LogP contribution in [-0.2, 0) is 24.3 Å². The number of ether oxygens (including phenoxy) is 1. The first-order valence-electron chi connectivity index (χ1n) is 8.17. The Balaban J connectivity index is 1.83. The van der Waals surface area contributed by atoms with Crippen LogP contribution in [-0.4, -0.2) is 31.6 Å². The highest BCUT2D eigenvalue weighted by Crippen LogP contribution is 2.16. The van der Waals surface area contributed by atoms with E-state index in [9.17, 15) is 4.39 Å². The summed E-state index contributed by atoms with van der Waals surface area (Å²) in [6.07, 6.45) is 0.856. The van der Waals surface area contributed by atoms with Crippen LogP contribution in [0.5, 0.6) is 0 Å². The van der Waals surface area contributed by atoms with Crippen LogP contribution < -0.4 is 10.6 Å². The first kappa shape index (κ1) is 19.3. The molecule has 25 heavy (non-hydrogen) atoms. The molecule has 1 aromatic heterocycles. The van der Waals surface area contributed by atoms with Gasteiger partial charge in [-0.2, -0.15) is 0 Å². The molecule has 5 nitrogen and oxygen atoms in total.